The Balaban J connectivity index is 1.75. The predicted molar refractivity (Wildman–Crippen MR) is 89.6 cm³/mol. The number of ether oxygens (including phenoxy) is 2. The van der Waals surface area contributed by atoms with E-state index in [-0.39, 0.29) is 29.6 Å². The summed E-state index contributed by atoms with van der Waals surface area (Å²) in [7, 11) is 0. The Kier molecular flexibility index (Phi) is 3.10. The largest absolute Gasteiger partial charge is 0.461 e. The SMILES string of the molecule is C=C1C(=O)[C@]23C[C@H]1C[C@H](O)[C@@H]2[C@@]12CO[C@@H](O)[C@@H]1C(C)(C)CC[C@@H]2OC3=O. The Morgan fingerprint density at radius 1 is 1.19 bits per heavy atom. The first-order valence-corrected chi connectivity index (χ1v) is 9.58. The van der Waals surface area contributed by atoms with Crippen molar-refractivity contribution in [2.45, 2.75) is 58.0 Å². The highest BCUT2D eigenvalue weighted by atomic mass is 16.6. The Labute approximate surface area is 152 Å². The monoisotopic (exact) mass is 362 g/mol. The molecule has 0 amide bonds. The van der Waals surface area contributed by atoms with Gasteiger partial charge in [0.1, 0.15) is 11.5 Å². The van der Waals surface area contributed by atoms with Gasteiger partial charge in [0, 0.05) is 17.3 Å². The summed E-state index contributed by atoms with van der Waals surface area (Å²) in [6, 6.07) is 0. The molecule has 2 heterocycles. The van der Waals surface area contributed by atoms with Crippen molar-refractivity contribution in [2.24, 2.45) is 34.0 Å². The van der Waals surface area contributed by atoms with Crippen LogP contribution in [0.5, 0.6) is 0 Å². The molecule has 2 N–H and O–H groups in total. The first-order chi connectivity index (χ1) is 12.2. The van der Waals surface area contributed by atoms with Crippen LogP contribution >= 0.6 is 0 Å². The molecule has 3 saturated carbocycles. The van der Waals surface area contributed by atoms with E-state index in [1.54, 1.807) is 0 Å². The molecular formula is C20H26O6. The molecule has 5 fully saturated rings. The normalized spacial score (nSPS) is 54.4. The van der Waals surface area contributed by atoms with Gasteiger partial charge >= 0.3 is 5.97 Å². The molecule has 8 atom stereocenters. The minimum atomic E-state index is -1.37. The van der Waals surface area contributed by atoms with Crippen molar-refractivity contribution in [3.63, 3.8) is 0 Å². The second kappa shape index (κ2) is 4.78. The lowest BCUT2D eigenvalue weighted by atomic mass is 9.43. The van der Waals surface area contributed by atoms with Gasteiger partial charge in [-0.15, -0.1) is 0 Å². The molecule has 26 heavy (non-hydrogen) atoms. The maximum Gasteiger partial charge on any atom is 0.320 e. The van der Waals surface area contributed by atoms with Crippen LogP contribution in [0.4, 0.5) is 0 Å². The number of fused-ring (bicyclic) bond motifs is 1. The Bertz CT molecular complexity index is 728. The van der Waals surface area contributed by atoms with Crippen LogP contribution in [0, 0.1) is 34.0 Å². The maximum atomic E-state index is 13.2. The number of ketones is 1. The number of carbonyl (C=O) groups is 2. The van der Waals surface area contributed by atoms with Crippen LogP contribution in [0.25, 0.3) is 0 Å². The molecule has 0 aromatic rings. The Morgan fingerprint density at radius 3 is 2.65 bits per heavy atom. The van der Waals surface area contributed by atoms with Crippen molar-refractivity contribution in [1.29, 1.82) is 0 Å². The van der Waals surface area contributed by atoms with E-state index in [9.17, 15) is 19.8 Å². The molecule has 2 saturated heterocycles. The summed E-state index contributed by atoms with van der Waals surface area (Å²) in [6.07, 6.45) is 0.0166. The van der Waals surface area contributed by atoms with Crippen molar-refractivity contribution in [3.8, 4) is 0 Å². The first kappa shape index (κ1) is 16.9. The van der Waals surface area contributed by atoms with Gasteiger partial charge in [-0.3, -0.25) is 9.59 Å². The summed E-state index contributed by atoms with van der Waals surface area (Å²) in [5.41, 5.74) is -1.91. The van der Waals surface area contributed by atoms with Gasteiger partial charge in [0.05, 0.1) is 12.7 Å². The van der Waals surface area contributed by atoms with Gasteiger partial charge in [-0.1, -0.05) is 20.4 Å². The second-order valence-electron chi connectivity index (χ2n) is 9.72. The zero-order chi connectivity index (χ0) is 18.6. The van der Waals surface area contributed by atoms with E-state index in [1.165, 1.54) is 0 Å². The summed E-state index contributed by atoms with van der Waals surface area (Å²) in [5.74, 6) is -1.84. The van der Waals surface area contributed by atoms with Crippen LogP contribution in [0.3, 0.4) is 0 Å². The number of carbonyl (C=O) groups excluding carboxylic acids is 2. The first-order valence-electron chi connectivity index (χ1n) is 9.58. The van der Waals surface area contributed by atoms with Crippen LogP contribution in [-0.2, 0) is 19.1 Å². The van der Waals surface area contributed by atoms with Gasteiger partial charge in [-0.2, -0.15) is 0 Å². The molecule has 2 aliphatic heterocycles. The molecule has 2 spiro atoms. The molecule has 5 aliphatic rings. The van der Waals surface area contributed by atoms with E-state index in [2.05, 4.69) is 20.4 Å². The van der Waals surface area contributed by atoms with Crippen LogP contribution in [0.15, 0.2) is 12.2 Å². The topological polar surface area (TPSA) is 93.1 Å². The lowest BCUT2D eigenvalue weighted by Gasteiger charge is -2.62. The van der Waals surface area contributed by atoms with Crippen molar-refractivity contribution in [1.82, 2.24) is 0 Å². The zero-order valence-electron chi connectivity index (χ0n) is 15.2. The Morgan fingerprint density at radius 2 is 1.92 bits per heavy atom. The van der Waals surface area contributed by atoms with E-state index in [0.29, 0.717) is 24.8 Å². The highest BCUT2D eigenvalue weighted by Gasteiger charge is 2.79. The van der Waals surface area contributed by atoms with Crippen molar-refractivity contribution >= 4 is 11.8 Å². The molecule has 3 aliphatic carbocycles. The summed E-state index contributed by atoms with van der Waals surface area (Å²) in [5, 5.41) is 21.8. The standard InChI is InChI=1S/C20H26O6/c1-9-10-6-11(21)13-19(7-10,15(9)22)17(24)26-12-4-5-18(2,3)14-16(23)25-8-20(12,13)14/h10-14,16,21,23H,1,4-8H2,2-3H3/t10-,11+,12+,13+,14-,16-,19+,20+/m1/s1. The molecule has 6 nitrogen and oxygen atoms in total. The fraction of sp³-hybridized carbons (Fsp3) is 0.800. The summed E-state index contributed by atoms with van der Waals surface area (Å²) >= 11 is 0. The van der Waals surface area contributed by atoms with Crippen molar-refractivity contribution in [2.75, 3.05) is 6.61 Å². The molecule has 0 unspecified atom stereocenters. The van der Waals surface area contributed by atoms with Crippen LogP contribution < -0.4 is 0 Å². The molecule has 2 bridgehead atoms. The minimum absolute atomic E-state index is 0.170. The number of Topliss-reactive ketones (excluding diaryl/α,β-unsaturated/α-hetero) is 1. The fourth-order valence-corrected chi connectivity index (χ4v) is 7.35. The lowest BCUT2D eigenvalue weighted by Crippen LogP contribution is -2.70. The quantitative estimate of drug-likeness (QED) is 0.382. The average Bonchev–Trinajstić information content (AvgIpc) is 3.01. The third-order valence-electron chi connectivity index (χ3n) is 8.25. The number of aliphatic hydroxyl groups is 2. The summed E-state index contributed by atoms with van der Waals surface area (Å²) in [4.78, 5) is 26.3. The van der Waals surface area contributed by atoms with Crippen molar-refractivity contribution in [3.05, 3.63) is 12.2 Å². The minimum Gasteiger partial charge on any atom is -0.461 e. The van der Waals surface area contributed by atoms with E-state index in [1.807, 2.05) is 0 Å². The van der Waals surface area contributed by atoms with Crippen molar-refractivity contribution < 1.29 is 29.3 Å². The third-order valence-corrected chi connectivity index (χ3v) is 8.25. The number of aliphatic hydroxyl groups excluding tert-OH is 2. The summed E-state index contributed by atoms with van der Waals surface area (Å²) in [6.45, 7) is 8.29. The number of esters is 1. The van der Waals surface area contributed by atoms with Gasteiger partial charge in [-0.05, 0) is 42.6 Å². The lowest BCUT2D eigenvalue weighted by molar-refractivity contribution is -0.251. The van der Waals surface area contributed by atoms with E-state index in [0.717, 1.165) is 6.42 Å². The fourth-order valence-electron chi connectivity index (χ4n) is 7.35. The van der Waals surface area contributed by atoms with Crippen LogP contribution in [-0.4, -0.2) is 47.1 Å². The van der Waals surface area contributed by atoms with Gasteiger partial charge in [0.2, 0.25) is 0 Å². The molecule has 5 rings (SSSR count). The Hall–Kier alpha value is -1.24. The molecule has 0 radical (unpaired) electrons. The smallest absolute Gasteiger partial charge is 0.320 e. The molecule has 0 aromatic carbocycles. The second-order valence-corrected chi connectivity index (χ2v) is 9.72. The van der Waals surface area contributed by atoms with Crippen LogP contribution in [0.2, 0.25) is 0 Å². The third kappa shape index (κ3) is 1.61. The molecular weight excluding hydrogens is 336 g/mol. The highest BCUT2D eigenvalue weighted by molar-refractivity contribution is 6.15. The molecule has 142 valence electrons. The predicted octanol–water partition coefficient (Wildman–Crippen LogP) is 1.20. The molecule has 0 aromatic heterocycles. The molecule has 6 heteroatoms. The van der Waals surface area contributed by atoms with E-state index in [4.69, 9.17) is 9.47 Å². The number of allylic oxidation sites excluding steroid dienone is 1. The zero-order valence-corrected chi connectivity index (χ0v) is 15.2. The van der Waals surface area contributed by atoms with Gasteiger partial charge < -0.3 is 19.7 Å². The van der Waals surface area contributed by atoms with Gasteiger partial charge in [0.15, 0.2) is 12.1 Å². The van der Waals surface area contributed by atoms with Crippen LogP contribution in [0.1, 0.15) is 39.5 Å². The number of hydrogen-bond donors (Lipinski definition) is 2. The average molecular weight is 362 g/mol. The van der Waals surface area contributed by atoms with Gasteiger partial charge in [0.25, 0.3) is 0 Å². The maximum absolute atomic E-state index is 13.2. The van der Waals surface area contributed by atoms with Gasteiger partial charge in [-0.25, -0.2) is 0 Å². The highest BCUT2D eigenvalue weighted by Crippen LogP contribution is 2.71. The number of rotatable bonds is 0. The van der Waals surface area contributed by atoms with E-state index < -0.39 is 41.2 Å². The summed E-state index contributed by atoms with van der Waals surface area (Å²) < 4.78 is 11.6. The number of hydrogen-bond acceptors (Lipinski definition) is 6. The van der Waals surface area contributed by atoms with E-state index >= 15 is 0 Å².